The monoisotopic (exact) mass is 256 g/mol. The topological polar surface area (TPSA) is 34.1 Å². The third kappa shape index (κ3) is 4.72. The van der Waals surface area contributed by atoms with Crippen molar-refractivity contribution in [3.8, 4) is 5.88 Å². The molecule has 0 saturated carbocycles. The van der Waals surface area contributed by atoms with Gasteiger partial charge < -0.3 is 10.1 Å². The van der Waals surface area contributed by atoms with Gasteiger partial charge in [0.25, 0.3) is 0 Å². The largest absolute Gasteiger partial charge is 0.476 e. The molecule has 0 bridgehead atoms. The van der Waals surface area contributed by atoms with Crippen LogP contribution in [0.2, 0.25) is 0 Å². The summed E-state index contributed by atoms with van der Waals surface area (Å²) in [6.07, 6.45) is 2.82. The van der Waals surface area contributed by atoms with Gasteiger partial charge in [-0.15, -0.1) is 0 Å². The molecule has 0 aliphatic carbocycles. The molecule has 0 unspecified atom stereocenters. The van der Waals surface area contributed by atoms with Gasteiger partial charge in [0.2, 0.25) is 5.88 Å². The Bertz CT molecular complexity index is 468. The third-order valence-corrected chi connectivity index (χ3v) is 2.93. The highest BCUT2D eigenvalue weighted by molar-refractivity contribution is 5.22. The summed E-state index contributed by atoms with van der Waals surface area (Å²) in [5.74, 6) is 0.677. The number of nitrogens with zero attached hydrogens (tertiary/aromatic N) is 1. The van der Waals surface area contributed by atoms with Crippen molar-refractivity contribution < 1.29 is 4.74 Å². The minimum atomic E-state index is 0.629. The summed E-state index contributed by atoms with van der Waals surface area (Å²) in [7, 11) is 0. The maximum Gasteiger partial charge on any atom is 0.213 e. The Labute approximate surface area is 114 Å². The normalized spacial score (nSPS) is 10.4. The molecule has 3 nitrogen and oxygen atoms in total. The molecular formula is C16H20N2O. The molecule has 2 rings (SSSR count). The minimum absolute atomic E-state index is 0.629. The number of hydrogen-bond acceptors (Lipinski definition) is 3. The second kappa shape index (κ2) is 7.54. The predicted octanol–water partition coefficient (Wildman–Crippen LogP) is 2.81. The van der Waals surface area contributed by atoms with Crippen LogP contribution in [0.4, 0.5) is 0 Å². The molecular weight excluding hydrogens is 236 g/mol. The van der Waals surface area contributed by atoms with E-state index in [1.165, 1.54) is 11.1 Å². The minimum Gasteiger partial charge on any atom is -0.476 e. The third-order valence-electron chi connectivity index (χ3n) is 2.93. The van der Waals surface area contributed by atoms with Gasteiger partial charge in [-0.25, -0.2) is 4.98 Å². The molecule has 0 atom stereocenters. The number of aromatic nitrogens is 1. The van der Waals surface area contributed by atoms with Crippen molar-refractivity contribution in [2.45, 2.75) is 19.9 Å². The van der Waals surface area contributed by atoms with E-state index in [0.717, 1.165) is 19.5 Å². The lowest BCUT2D eigenvalue weighted by Gasteiger charge is -2.07. The summed E-state index contributed by atoms with van der Waals surface area (Å²) in [4.78, 5) is 4.10. The first-order valence-electron chi connectivity index (χ1n) is 6.71. The van der Waals surface area contributed by atoms with Gasteiger partial charge in [-0.05, 0) is 23.6 Å². The smallest absolute Gasteiger partial charge is 0.213 e. The van der Waals surface area contributed by atoms with Crippen LogP contribution < -0.4 is 10.1 Å². The number of aryl methyl sites for hydroxylation is 1. The highest BCUT2D eigenvalue weighted by atomic mass is 16.5. The average molecular weight is 256 g/mol. The van der Waals surface area contributed by atoms with Crippen LogP contribution in [0.25, 0.3) is 0 Å². The van der Waals surface area contributed by atoms with Crippen LogP contribution in [-0.2, 0) is 13.0 Å². The van der Waals surface area contributed by atoms with E-state index in [4.69, 9.17) is 4.74 Å². The molecule has 1 N–H and O–H groups in total. The fourth-order valence-corrected chi connectivity index (χ4v) is 1.79. The highest BCUT2D eigenvalue weighted by Crippen LogP contribution is 2.05. The number of hydrogen-bond donors (Lipinski definition) is 1. The zero-order chi connectivity index (χ0) is 13.3. The zero-order valence-corrected chi connectivity index (χ0v) is 11.3. The fraction of sp³-hybridized carbons (Fsp3) is 0.312. The number of ether oxygens (including phenoxy) is 1. The second-order valence-electron chi connectivity index (χ2n) is 4.36. The van der Waals surface area contributed by atoms with Gasteiger partial charge in [0.15, 0.2) is 0 Å². The van der Waals surface area contributed by atoms with Crippen LogP contribution in [0.3, 0.4) is 0 Å². The number of pyridine rings is 1. The van der Waals surface area contributed by atoms with Crippen molar-refractivity contribution >= 4 is 0 Å². The predicted molar refractivity (Wildman–Crippen MR) is 77.3 cm³/mol. The summed E-state index contributed by atoms with van der Waals surface area (Å²) < 4.78 is 5.51. The molecule has 0 spiro atoms. The zero-order valence-electron chi connectivity index (χ0n) is 11.3. The van der Waals surface area contributed by atoms with Crippen molar-refractivity contribution in [1.82, 2.24) is 10.3 Å². The van der Waals surface area contributed by atoms with E-state index in [2.05, 4.69) is 41.5 Å². The van der Waals surface area contributed by atoms with Gasteiger partial charge >= 0.3 is 0 Å². The average Bonchev–Trinajstić information content (AvgIpc) is 2.49. The van der Waals surface area contributed by atoms with E-state index in [9.17, 15) is 0 Å². The maximum absolute atomic E-state index is 5.51. The van der Waals surface area contributed by atoms with Gasteiger partial charge in [0, 0.05) is 25.4 Å². The summed E-state index contributed by atoms with van der Waals surface area (Å²) >= 11 is 0. The Morgan fingerprint density at radius 1 is 1.05 bits per heavy atom. The van der Waals surface area contributed by atoms with Crippen LogP contribution >= 0.6 is 0 Å². The van der Waals surface area contributed by atoms with Crippen molar-refractivity contribution in [3.63, 3.8) is 0 Å². The molecule has 1 aromatic carbocycles. The molecule has 1 aromatic heterocycles. The van der Waals surface area contributed by atoms with E-state index in [1.54, 1.807) is 6.20 Å². The molecule has 0 fully saturated rings. The number of benzene rings is 1. The molecule has 0 aliphatic rings. The first-order valence-corrected chi connectivity index (χ1v) is 6.71. The lowest BCUT2D eigenvalue weighted by atomic mass is 10.1. The molecule has 2 aromatic rings. The van der Waals surface area contributed by atoms with Crippen LogP contribution in [-0.4, -0.2) is 18.1 Å². The molecule has 19 heavy (non-hydrogen) atoms. The Morgan fingerprint density at radius 2 is 1.84 bits per heavy atom. The van der Waals surface area contributed by atoms with E-state index < -0.39 is 0 Å². The van der Waals surface area contributed by atoms with E-state index >= 15 is 0 Å². The van der Waals surface area contributed by atoms with Crippen LogP contribution in [0.15, 0.2) is 48.7 Å². The van der Waals surface area contributed by atoms with Gasteiger partial charge in [-0.1, -0.05) is 37.3 Å². The summed E-state index contributed by atoms with van der Waals surface area (Å²) in [5, 5.41) is 3.36. The molecule has 3 heteroatoms. The van der Waals surface area contributed by atoms with Crippen molar-refractivity contribution in [2.24, 2.45) is 0 Å². The number of nitrogens with one attached hydrogen (secondary N) is 1. The first kappa shape index (κ1) is 13.6. The van der Waals surface area contributed by atoms with E-state index in [0.29, 0.717) is 12.5 Å². The first-order chi connectivity index (χ1) is 9.38. The molecule has 1 heterocycles. The molecule has 0 radical (unpaired) electrons. The maximum atomic E-state index is 5.51. The van der Waals surface area contributed by atoms with Gasteiger partial charge in [0.1, 0.15) is 6.61 Å². The van der Waals surface area contributed by atoms with E-state index in [1.807, 2.05) is 18.2 Å². The quantitative estimate of drug-likeness (QED) is 0.773. The molecule has 100 valence electrons. The summed E-state index contributed by atoms with van der Waals surface area (Å²) in [6.45, 7) is 4.48. The van der Waals surface area contributed by atoms with Crippen LogP contribution in [0.1, 0.15) is 18.1 Å². The fourth-order valence-electron chi connectivity index (χ4n) is 1.79. The molecule has 0 saturated heterocycles. The Hall–Kier alpha value is -1.87. The Balaban J connectivity index is 1.63. The van der Waals surface area contributed by atoms with Crippen LogP contribution in [0.5, 0.6) is 5.88 Å². The van der Waals surface area contributed by atoms with Gasteiger partial charge in [-0.2, -0.15) is 0 Å². The van der Waals surface area contributed by atoms with Crippen LogP contribution in [0, 0.1) is 0 Å². The molecule has 0 amide bonds. The standard InChI is InChI=1S/C16H20N2O/c1-2-14-6-8-15(9-7-14)13-17-11-12-19-16-5-3-4-10-18-16/h3-10,17H,2,11-13H2,1H3. The van der Waals surface area contributed by atoms with Crippen molar-refractivity contribution in [2.75, 3.05) is 13.2 Å². The number of rotatable bonds is 7. The van der Waals surface area contributed by atoms with Gasteiger partial charge in [-0.3, -0.25) is 0 Å². The van der Waals surface area contributed by atoms with E-state index in [-0.39, 0.29) is 0 Å². The summed E-state index contributed by atoms with van der Waals surface area (Å²) in [5.41, 5.74) is 2.68. The lowest BCUT2D eigenvalue weighted by molar-refractivity contribution is 0.302. The van der Waals surface area contributed by atoms with Crippen molar-refractivity contribution in [1.29, 1.82) is 0 Å². The second-order valence-corrected chi connectivity index (χ2v) is 4.36. The lowest BCUT2D eigenvalue weighted by Crippen LogP contribution is -2.20. The Kier molecular flexibility index (Phi) is 5.38. The van der Waals surface area contributed by atoms with Crippen molar-refractivity contribution in [3.05, 3.63) is 59.8 Å². The Morgan fingerprint density at radius 3 is 2.53 bits per heavy atom. The highest BCUT2D eigenvalue weighted by Gasteiger charge is 1.95. The van der Waals surface area contributed by atoms with Gasteiger partial charge in [0.05, 0.1) is 0 Å². The SMILES string of the molecule is CCc1ccc(CNCCOc2ccccn2)cc1. The summed E-state index contributed by atoms with van der Waals surface area (Å²) in [6, 6.07) is 14.4. The molecule has 0 aliphatic heterocycles.